The number of para-hydroxylation sites is 1. The second-order valence-corrected chi connectivity index (χ2v) is 6.72. The molecule has 1 N–H and O–H groups in total. The zero-order chi connectivity index (χ0) is 19.1. The van der Waals surface area contributed by atoms with E-state index in [1.807, 2.05) is 30.3 Å². The number of aryl methyl sites for hydroxylation is 1. The molecule has 1 aliphatic heterocycles. The van der Waals surface area contributed by atoms with Crippen LogP contribution in [0.1, 0.15) is 41.6 Å². The number of unbranched alkanes of at least 4 members (excludes halogenated alkanes) is 1. The highest BCUT2D eigenvalue weighted by molar-refractivity contribution is 5.99. The molecule has 1 saturated heterocycles. The first kappa shape index (κ1) is 19.0. The van der Waals surface area contributed by atoms with Crippen LogP contribution in [0.2, 0.25) is 0 Å². The molecule has 1 heterocycles. The maximum atomic E-state index is 12.4. The van der Waals surface area contributed by atoms with E-state index in [2.05, 4.69) is 11.4 Å². The van der Waals surface area contributed by atoms with Gasteiger partial charge < -0.3 is 15.0 Å². The summed E-state index contributed by atoms with van der Waals surface area (Å²) in [4.78, 5) is 26.0. The first-order chi connectivity index (χ1) is 13.2. The number of benzene rings is 2. The minimum atomic E-state index is -0.0965. The summed E-state index contributed by atoms with van der Waals surface area (Å²) in [6, 6.07) is 15.3. The first-order valence-electron chi connectivity index (χ1n) is 9.49. The number of hydrogen-bond donors (Lipinski definition) is 1. The SMILES string of the molecule is COc1ccccc1CCCCNC(=O)c1cccc(N2CCCC2=O)c1. The number of rotatable bonds is 8. The number of carbonyl (C=O) groups excluding carboxylic acids is 2. The van der Waals surface area contributed by atoms with Gasteiger partial charge in [0.1, 0.15) is 5.75 Å². The van der Waals surface area contributed by atoms with E-state index in [1.165, 1.54) is 5.56 Å². The third-order valence-electron chi connectivity index (χ3n) is 4.84. The van der Waals surface area contributed by atoms with E-state index in [0.717, 1.165) is 43.7 Å². The van der Waals surface area contributed by atoms with Gasteiger partial charge in [-0.3, -0.25) is 9.59 Å². The highest BCUT2D eigenvalue weighted by atomic mass is 16.5. The summed E-state index contributed by atoms with van der Waals surface area (Å²) in [5, 5.41) is 2.97. The highest BCUT2D eigenvalue weighted by Crippen LogP contribution is 2.22. The average molecular weight is 366 g/mol. The van der Waals surface area contributed by atoms with Crippen molar-refractivity contribution in [2.45, 2.75) is 32.1 Å². The van der Waals surface area contributed by atoms with Gasteiger partial charge in [0, 0.05) is 30.8 Å². The number of hydrogen-bond acceptors (Lipinski definition) is 3. The molecular weight excluding hydrogens is 340 g/mol. The molecule has 1 aliphatic rings. The number of carbonyl (C=O) groups is 2. The first-order valence-corrected chi connectivity index (χ1v) is 9.49. The fourth-order valence-corrected chi connectivity index (χ4v) is 3.39. The third-order valence-corrected chi connectivity index (χ3v) is 4.84. The normalized spacial score (nSPS) is 13.7. The third kappa shape index (κ3) is 4.88. The molecule has 27 heavy (non-hydrogen) atoms. The molecule has 0 unspecified atom stereocenters. The van der Waals surface area contributed by atoms with Gasteiger partial charge in [-0.25, -0.2) is 0 Å². The van der Waals surface area contributed by atoms with E-state index in [9.17, 15) is 9.59 Å². The highest BCUT2D eigenvalue weighted by Gasteiger charge is 2.22. The largest absolute Gasteiger partial charge is 0.496 e. The van der Waals surface area contributed by atoms with Crippen LogP contribution in [0.3, 0.4) is 0 Å². The molecule has 0 aliphatic carbocycles. The van der Waals surface area contributed by atoms with Crippen molar-refractivity contribution in [1.82, 2.24) is 5.32 Å². The molecule has 0 radical (unpaired) electrons. The van der Waals surface area contributed by atoms with Gasteiger partial charge in [-0.2, -0.15) is 0 Å². The number of amides is 2. The van der Waals surface area contributed by atoms with Gasteiger partial charge in [0.2, 0.25) is 5.91 Å². The number of ether oxygens (including phenoxy) is 1. The van der Waals surface area contributed by atoms with Crippen molar-refractivity contribution in [2.24, 2.45) is 0 Å². The van der Waals surface area contributed by atoms with Crippen molar-refractivity contribution in [1.29, 1.82) is 0 Å². The van der Waals surface area contributed by atoms with E-state index in [1.54, 1.807) is 24.1 Å². The van der Waals surface area contributed by atoms with Gasteiger partial charge >= 0.3 is 0 Å². The molecular formula is C22H26N2O3. The van der Waals surface area contributed by atoms with Crippen molar-refractivity contribution in [2.75, 3.05) is 25.1 Å². The van der Waals surface area contributed by atoms with Crippen LogP contribution in [0.4, 0.5) is 5.69 Å². The number of nitrogens with zero attached hydrogens (tertiary/aromatic N) is 1. The zero-order valence-electron chi connectivity index (χ0n) is 15.7. The number of anilines is 1. The van der Waals surface area contributed by atoms with E-state index < -0.39 is 0 Å². The lowest BCUT2D eigenvalue weighted by atomic mass is 10.1. The molecule has 0 saturated carbocycles. The minimum Gasteiger partial charge on any atom is -0.496 e. The molecule has 5 heteroatoms. The Morgan fingerprint density at radius 1 is 1.15 bits per heavy atom. The molecule has 2 amide bonds. The molecule has 0 spiro atoms. The van der Waals surface area contributed by atoms with Crippen molar-refractivity contribution in [3.8, 4) is 5.75 Å². The second kappa shape index (κ2) is 9.21. The van der Waals surface area contributed by atoms with E-state index >= 15 is 0 Å². The molecule has 1 fully saturated rings. The zero-order valence-corrected chi connectivity index (χ0v) is 15.7. The van der Waals surface area contributed by atoms with Crippen molar-refractivity contribution in [3.63, 3.8) is 0 Å². The van der Waals surface area contributed by atoms with Gasteiger partial charge in [0.15, 0.2) is 0 Å². The lowest BCUT2D eigenvalue weighted by molar-refractivity contribution is -0.117. The van der Waals surface area contributed by atoms with E-state index in [4.69, 9.17) is 4.74 Å². The van der Waals surface area contributed by atoms with Crippen LogP contribution >= 0.6 is 0 Å². The lowest BCUT2D eigenvalue weighted by Gasteiger charge is -2.16. The smallest absolute Gasteiger partial charge is 0.251 e. The predicted molar refractivity (Wildman–Crippen MR) is 106 cm³/mol. The predicted octanol–water partition coefficient (Wildman–Crippen LogP) is 3.57. The van der Waals surface area contributed by atoms with Gasteiger partial charge in [0.05, 0.1) is 7.11 Å². The van der Waals surface area contributed by atoms with Crippen LogP contribution < -0.4 is 15.0 Å². The molecule has 2 aromatic rings. The molecule has 0 bridgehead atoms. The quantitative estimate of drug-likeness (QED) is 0.727. The van der Waals surface area contributed by atoms with Crippen LogP contribution in [-0.4, -0.2) is 32.0 Å². The van der Waals surface area contributed by atoms with Crippen molar-refractivity contribution < 1.29 is 14.3 Å². The maximum absolute atomic E-state index is 12.4. The average Bonchev–Trinajstić information content (AvgIpc) is 3.14. The fourth-order valence-electron chi connectivity index (χ4n) is 3.39. The summed E-state index contributed by atoms with van der Waals surface area (Å²) in [7, 11) is 1.68. The van der Waals surface area contributed by atoms with Crippen LogP contribution in [0.15, 0.2) is 48.5 Å². The summed E-state index contributed by atoms with van der Waals surface area (Å²) in [6.45, 7) is 1.35. The minimum absolute atomic E-state index is 0.0965. The topological polar surface area (TPSA) is 58.6 Å². The summed E-state index contributed by atoms with van der Waals surface area (Å²) >= 11 is 0. The van der Waals surface area contributed by atoms with Crippen LogP contribution in [0.5, 0.6) is 5.75 Å². The monoisotopic (exact) mass is 366 g/mol. The molecule has 0 aromatic heterocycles. The number of nitrogens with one attached hydrogen (secondary N) is 1. The molecule has 5 nitrogen and oxygen atoms in total. The van der Waals surface area contributed by atoms with Crippen LogP contribution in [0.25, 0.3) is 0 Å². The van der Waals surface area contributed by atoms with Crippen molar-refractivity contribution in [3.05, 3.63) is 59.7 Å². The summed E-state index contributed by atoms with van der Waals surface area (Å²) < 4.78 is 5.36. The van der Waals surface area contributed by atoms with Crippen LogP contribution in [-0.2, 0) is 11.2 Å². The Hall–Kier alpha value is -2.82. The Balaban J connectivity index is 1.46. The van der Waals surface area contributed by atoms with E-state index in [-0.39, 0.29) is 11.8 Å². The Morgan fingerprint density at radius 3 is 2.78 bits per heavy atom. The van der Waals surface area contributed by atoms with Crippen molar-refractivity contribution >= 4 is 17.5 Å². The Kier molecular flexibility index (Phi) is 6.47. The maximum Gasteiger partial charge on any atom is 0.251 e. The molecule has 3 rings (SSSR count). The molecule has 142 valence electrons. The molecule has 0 atom stereocenters. The van der Waals surface area contributed by atoms with Gasteiger partial charge in [0.25, 0.3) is 5.91 Å². The van der Waals surface area contributed by atoms with Crippen LogP contribution in [0, 0.1) is 0 Å². The van der Waals surface area contributed by atoms with Gasteiger partial charge in [-0.05, 0) is 55.5 Å². The molecule has 2 aromatic carbocycles. The number of methoxy groups -OCH3 is 1. The van der Waals surface area contributed by atoms with Gasteiger partial charge in [-0.15, -0.1) is 0 Å². The summed E-state index contributed by atoms with van der Waals surface area (Å²) in [5.41, 5.74) is 2.59. The fraction of sp³-hybridized carbons (Fsp3) is 0.364. The lowest BCUT2D eigenvalue weighted by Crippen LogP contribution is -2.26. The Bertz CT molecular complexity index is 804. The summed E-state index contributed by atoms with van der Waals surface area (Å²) in [5.74, 6) is 0.944. The van der Waals surface area contributed by atoms with E-state index in [0.29, 0.717) is 18.5 Å². The second-order valence-electron chi connectivity index (χ2n) is 6.72. The van der Waals surface area contributed by atoms with Gasteiger partial charge in [-0.1, -0.05) is 24.3 Å². The standard InChI is InChI=1S/C22H26N2O3/c1-27-20-12-3-2-8-17(20)9-4-5-14-23-22(26)18-10-6-11-19(16-18)24-15-7-13-21(24)25/h2-3,6,8,10-12,16H,4-5,7,9,13-15H2,1H3,(H,23,26). The summed E-state index contributed by atoms with van der Waals surface area (Å²) in [6.07, 6.45) is 4.26. The Morgan fingerprint density at radius 2 is 2.00 bits per heavy atom. The Labute approximate surface area is 160 Å².